The van der Waals surface area contributed by atoms with E-state index in [2.05, 4.69) is 79.9 Å². The number of nitrogens with zero attached hydrogens (tertiary/aromatic N) is 1. The number of rotatable bonds is 43. The van der Waals surface area contributed by atoms with Gasteiger partial charge in [-0.25, -0.2) is 0 Å². The summed E-state index contributed by atoms with van der Waals surface area (Å²) >= 11 is 0. The lowest BCUT2D eigenvalue weighted by Gasteiger charge is -2.29. The van der Waals surface area contributed by atoms with E-state index >= 15 is 0 Å². The van der Waals surface area contributed by atoms with Crippen LogP contribution in [0.1, 0.15) is 194 Å². The van der Waals surface area contributed by atoms with E-state index in [-0.39, 0.29) is 12.5 Å². The predicted molar refractivity (Wildman–Crippen MR) is 256 cm³/mol. The highest BCUT2D eigenvalue weighted by Gasteiger charge is 2.23. The van der Waals surface area contributed by atoms with Crippen molar-refractivity contribution in [1.82, 2.24) is 5.32 Å². The van der Waals surface area contributed by atoms with Crippen LogP contribution in [0.15, 0.2) is 72.9 Å². The minimum Gasteiger partial charge on any atom is -0.756 e. The quantitative estimate of drug-likeness (QED) is 0.0274. The van der Waals surface area contributed by atoms with Crippen molar-refractivity contribution in [3.8, 4) is 0 Å². The highest BCUT2D eigenvalue weighted by atomic mass is 31.2. The number of carbonyl (C=O) groups excluding carboxylic acids is 1. The maximum Gasteiger partial charge on any atom is 0.268 e. The Morgan fingerprint density at radius 3 is 1.52 bits per heavy atom. The summed E-state index contributed by atoms with van der Waals surface area (Å²) < 4.78 is 23.2. The average Bonchev–Trinajstić information content (AvgIpc) is 3.20. The Labute approximate surface area is 370 Å². The molecule has 8 nitrogen and oxygen atoms in total. The highest BCUT2D eigenvalue weighted by Crippen LogP contribution is 2.38. The molecule has 0 aromatic heterocycles. The fourth-order valence-corrected chi connectivity index (χ4v) is 7.21. The van der Waals surface area contributed by atoms with Crippen LogP contribution < -0.4 is 10.2 Å². The predicted octanol–water partition coefficient (Wildman–Crippen LogP) is 13.3. The molecule has 0 aromatic carbocycles. The molecule has 0 fully saturated rings. The first-order chi connectivity index (χ1) is 29.0. The number of phosphoric ester groups is 1. The van der Waals surface area contributed by atoms with Crippen LogP contribution in [0.3, 0.4) is 0 Å². The second-order valence-corrected chi connectivity index (χ2v) is 18.8. The summed E-state index contributed by atoms with van der Waals surface area (Å²) in [5.74, 6) is -0.218. The molecule has 0 rings (SSSR count). The van der Waals surface area contributed by atoms with Crippen molar-refractivity contribution >= 4 is 13.7 Å². The molecular formula is C51H93N2O6P. The van der Waals surface area contributed by atoms with Gasteiger partial charge < -0.3 is 28.8 Å². The van der Waals surface area contributed by atoms with E-state index in [4.69, 9.17) is 9.05 Å². The number of quaternary nitrogens is 1. The molecule has 0 aliphatic heterocycles. The normalized spacial score (nSPS) is 14.8. The van der Waals surface area contributed by atoms with Crippen LogP contribution in [0.4, 0.5) is 0 Å². The number of carbonyl (C=O) groups is 1. The molecule has 0 saturated carbocycles. The molecule has 348 valence electrons. The fourth-order valence-electron chi connectivity index (χ4n) is 6.49. The smallest absolute Gasteiger partial charge is 0.268 e. The number of amides is 1. The van der Waals surface area contributed by atoms with Crippen molar-refractivity contribution in [3.63, 3.8) is 0 Å². The van der Waals surface area contributed by atoms with Gasteiger partial charge in [-0.15, -0.1) is 0 Å². The maximum absolute atomic E-state index is 12.9. The lowest BCUT2D eigenvalue weighted by molar-refractivity contribution is -0.870. The number of nitrogens with one attached hydrogen (secondary N) is 1. The Hall–Kier alpha value is -2.06. The molecule has 60 heavy (non-hydrogen) atoms. The summed E-state index contributed by atoms with van der Waals surface area (Å²) in [5.41, 5.74) is 0. The van der Waals surface area contributed by atoms with Crippen molar-refractivity contribution in [3.05, 3.63) is 72.9 Å². The van der Waals surface area contributed by atoms with Gasteiger partial charge in [-0.1, -0.05) is 183 Å². The van der Waals surface area contributed by atoms with E-state index in [1.807, 2.05) is 27.2 Å². The van der Waals surface area contributed by atoms with Crippen molar-refractivity contribution in [2.24, 2.45) is 0 Å². The van der Waals surface area contributed by atoms with Gasteiger partial charge in [0, 0.05) is 6.42 Å². The summed E-state index contributed by atoms with van der Waals surface area (Å²) in [6.45, 7) is 4.51. The van der Waals surface area contributed by atoms with E-state index in [1.165, 1.54) is 109 Å². The van der Waals surface area contributed by atoms with Gasteiger partial charge >= 0.3 is 0 Å². The number of aliphatic hydroxyl groups excluding tert-OH is 1. The van der Waals surface area contributed by atoms with Gasteiger partial charge in [0.05, 0.1) is 39.9 Å². The minimum absolute atomic E-state index is 0.0124. The lowest BCUT2D eigenvalue weighted by Crippen LogP contribution is -2.45. The SMILES string of the molecule is CCC/C=C/CC/C=C/CC/C=C/C(O)C(COP(=O)([O-])OCC[N+](C)(C)C)NC(=O)CCCCCCCCCCCCCC/C=C\C/C=C\C/C=C\CCCCCCC. The van der Waals surface area contributed by atoms with E-state index in [0.29, 0.717) is 17.4 Å². The van der Waals surface area contributed by atoms with Crippen LogP contribution in [0.2, 0.25) is 0 Å². The molecule has 3 unspecified atom stereocenters. The number of hydrogen-bond donors (Lipinski definition) is 2. The number of phosphoric acid groups is 1. The van der Waals surface area contributed by atoms with Crippen molar-refractivity contribution in [2.45, 2.75) is 206 Å². The van der Waals surface area contributed by atoms with Gasteiger partial charge in [0.25, 0.3) is 7.82 Å². The molecule has 0 spiro atoms. The van der Waals surface area contributed by atoms with Crippen molar-refractivity contribution in [2.75, 3.05) is 40.9 Å². The second-order valence-electron chi connectivity index (χ2n) is 17.4. The minimum atomic E-state index is -4.60. The molecule has 0 aromatic rings. The Kier molecular flexibility index (Phi) is 40.8. The third-order valence-electron chi connectivity index (χ3n) is 10.3. The highest BCUT2D eigenvalue weighted by molar-refractivity contribution is 7.45. The molecule has 9 heteroatoms. The standard InChI is InChI=1S/C51H93N2O6P/c1-6-8-10-12-14-16-18-19-20-21-22-23-24-25-26-27-28-29-30-31-32-33-35-37-39-41-43-45-51(55)52-49(48-59-60(56,57)58-47-46-53(3,4)5)50(54)44-42-40-38-36-34-17-15-13-11-9-7-2/h11,13,18-19,21-22,24-25,34,36,42,44,49-50,54H,6-10,12,14-17,20,23,26-33,35,37-41,43,45-48H2,1-5H3,(H-,52,55,56,57)/b13-11+,19-18-,22-21-,25-24-,36-34+,44-42+. The maximum atomic E-state index is 12.9. The van der Waals surface area contributed by atoms with E-state index in [0.717, 1.165) is 64.2 Å². The Balaban J connectivity index is 4.21. The summed E-state index contributed by atoms with van der Waals surface area (Å²) in [6.07, 6.45) is 56.9. The van der Waals surface area contributed by atoms with Crippen LogP contribution in [0, 0.1) is 0 Å². The van der Waals surface area contributed by atoms with Gasteiger partial charge in [-0.2, -0.15) is 0 Å². The average molecular weight is 861 g/mol. The van der Waals surface area contributed by atoms with Gasteiger partial charge in [-0.3, -0.25) is 9.36 Å². The summed E-state index contributed by atoms with van der Waals surface area (Å²) in [7, 11) is 1.22. The number of allylic oxidation sites excluding steroid dienone is 11. The second kappa shape index (κ2) is 42.3. The van der Waals surface area contributed by atoms with E-state index < -0.39 is 26.6 Å². The first kappa shape index (κ1) is 57.9. The van der Waals surface area contributed by atoms with Crippen LogP contribution in [0.5, 0.6) is 0 Å². The molecule has 0 heterocycles. The molecule has 1 amide bonds. The van der Waals surface area contributed by atoms with Gasteiger partial charge in [0.1, 0.15) is 13.2 Å². The largest absolute Gasteiger partial charge is 0.756 e. The third-order valence-corrected chi connectivity index (χ3v) is 11.3. The van der Waals surface area contributed by atoms with Gasteiger partial charge in [-0.05, 0) is 77.0 Å². The Morgan fingerprint density at radius 2 is 1.02 bits per heavy atom. The van der Waals surface area contributed by atoms with E-state index in [1.54, 1.807) is 6.08 Å². The Morgan fingerprint density at radius 1 is 0.583 bits per heavy atom. The monoisotopic (exact) mass is 861 g/mol. The van der Waals surface area contributed by atoms with Crippen LogP contribution in [-0.2, 0) is 18.4 Å². The van der Waals surface area contributed by atoms with E-state index in [9.17, 15) is 19.4 Å². The van der Waals surface area contributed by atoms with Crippen LogP contribution in [0.25, 0.3) is 0 Å². The molecule has 0 saturated heterocycles. The Bertz CT molecular complexity index is 1200. The summed E-state index contributed by atoms with van der Waals surface area (Å²) in [4.78, 5) is 25.3. The number of unbranched alkanes of at least 4 members (excludes halogenated alkanes) is 20. The zero-order valence-corrected chi connectivity index (χ0v) is 40.3. The molecule has 0 radical (unpaired) electrons. The first-order valence-corrected chi connectivity index (χ1v) is 25.8. The number of likely N-dealkylation sites (N-methyl/N-ethyl adjacent to an activating group) is 1. The number of hydrogen-bond acceptors (Lipinski definition) is 6. The third kappa shape index (κ3) is 44.0. The van der Waals surface area contributed by atoms with Gasteiger partial charge in [0.15, 0.2) is 0 Å². The molecule has 2 N–H and O–H groups in total. The van der Waals surface area contributed by atoms with Crippen LogP contribution >= 0.6 is 7.82 Å². The number of aliphatic hydroxyl groups is 1. The van der Waals surface area contributed by atoms with Crippen molar-refractivity contribution in [1.29, 1.82) is 0 Å². The molecule has 0 bridgehead atoms. The zero-order chi connectivity index (χ0) is 44.3. The topological polar surface area (TPSA) is 108 Å². The zero-order valence-electron chi connectivity index (χ0n) is 39.4. The van der Waals surface area contributed by atoms with Crippen molar-refractivity contribution < 1.29 is 32.9 Å². The molecule has 3 atom stereocenters. The molecule has 0 aliphatic carbocycles. The van der Waals surface area contributed by atoms with Gasteiger partial charge in [0.2, 0.25) is 5.91 Å². The summed E-state index contributed by atoms with van der Waals surface area (Å²) in [5, 5.41) is 13.7. The lowest BCUT2D eigenvalue weighted by atomic mass is 10.0. The molecular weight excluding hydrogens is 768 g/mol. The fraction of sp³-hybridized carbons (Fsp3) is 0.745. The van der Waals surface area contributed by atoms with Crippen LogP contribution in [-0.4, -0.2) is 68.5 Å². The summed E-state index contributed by atoms with van der Waals surface area (Å²) in [6, 6.07) is -0.912. The first-order valence-electron chi connectivity index (χ1n) is 24.3. The molecule has 0 aliphatic rings.